The van der Waals surface area contributed by atoms with E-state index < -0.39 is 10.8 Å². The van der Waals surface area contributed by atoms with Crippen molar-refractivity contribution in [3.05, 3.63) is 324 Å². The van der Waals surface area contributed by atoms with Gasteiger partial charge < -0.3 is 9.47 Å². The summed E-state index contributed by atoms with van der Waals surface area (Å²) in [6.07, 6.45) is 0. The molecule has 17 rings (SSSR count). The molecule has 1 spiro atoms. The Hall–Kier alpha value is -9.54. The Morgan fingerprint density at radius 3 is 1.56 bits per heavy atom. The highest BCUT2D eigenvalue weighted by molar-refractivity contribution is 7.25. The van der Waals surface area contributed by atoms with Gasteiger partial charge in [0.25, 0.3) is 0 Å². The maximum Gasteiger partial charge on any atom is 0.0755 e. The Balaban J connectivity index is 0.900. The summed E-state index contributed by atoms with van der Waals surface area (Å²) in [6.45, 7) is 0. The SMILES string of the molecule is c1ccc(C2(c3ccc(N(c4ccc(-c5cccc6sc7ccccc7c56)cc4)c4ccc5c(c4)C4(c6ccccc6-5)c5ccccc5-n5c6ccccc6c6cccc4c65)cc3)c3ccccc3-c3ccccc32)cc1. The highest BCUT2D eigenvalue weighted by Gasteiger charge is 2.51. The molecule has 0 bridgehead atoms. The molecule has 3 aliphatic rings. The molecular weight excluding hydrogens is 949 g/mol. The van der Waals surface area contributed by atoms with Gasteiger partial charge in [0, 0.05) is 48.0 Å². The van der Waals surface area contributed by atoms with Gasteiger partial charge in [0.2, 0.25) is 0 Å². The molecule has 2 nitrogen and oxygen atoms in total. The minimum absolute atomic E-state index is 0.504. The van der Waals surface area contributed by atoms with Crippen LogP contribution in [-0.4, -0.2) is 4.57 Å². The van der Waals surface area contributed by atoms with E-state index in [-0.39, 0.29) is 0 Å². The average Bonchev–Trinajstić information content (AvgIpc) is 4.27. The van der Waals surface area contributed by atoms with E-state index in [1.807, 2.05) is 11.3 Å². The van der Waals surface area contributed by atoms with E-state index in [9.17, 15) is 0 Å². The summed E-state index contributed by atoms with van der Waals surface area (Å²) in [5.74, 6) is 0. The van der Waals surface area contributed by atoms with Crippen LogP contribution in [0, 0.1) is 0 Å². The molecular formula is C74H46N2S. The Morgan fingerprint density at radius 1 is 0.312 bits per heavy atom. The minimum Gasteiger partial charge on any atom is -0.310 e. The zero-order chi connectivity index (χ0) is 50.4. The van der Waals surface area contributed by atoms with E-state index in [4.69, 9.17) is 0 Å². The number of rotatable bonds is 6. The van der Waals surface area contributed by atoms with Crippen molar-refractivity contribution in [2.24, 2.45) is 0 Å². The van der Waals surface area contributed by atoms with E-state index in [1.165, 1.54) is 126 Å². The second kappa shape index (κ2) is 16.0. The first-order chi connectivity index (χ1) is 38.2. The summed E-state index contributed by atoms with van der Waals surface area (Å²) in [7, 11) is 0. The lowest BCUT2D eigenvalue weighted by Gasteiger charge is -2.40. The zero-order valence-electron chi connectivity index (χ0n) is 41.9. The molecule has 0 radical (unpaired) electrons. The van der Waals surface area contributed by atoms with E-state index >= 15 is 0 Å². The van der Waals surface area contributed by atoms with Crippen molar-refractivity contribution >= 4 is 70.4 Å². The van der Waals surface area contributed by atoms with Crippen molar-refractivity contribution in [2.75, 3.05) is 4.90 Å². The number of para-hydroxylation sites is 3. The van der Waals surface area contributed by atoms with Gasteiger partial charge in [-0.2, -0.15) is 0 Å². The third kappa shape index (κ3) is 5.63. The van der Waals surface area contributed by atoms with Crippen LogP contribution in [0.5, 0.6) is 0 Å². The maximum absolute atomic E-state index is 2.53. The van der Waals surface area contributed by atoms with Gasteiger partial charge in [-0.3, -0.25) is 0 Å². The molecule has 1 aliphatic heterocycles. The van der Waals surface area contributed by atoms with Gasteiger partial charge in [-0.25, -0.2) is 0 Å². The molecule has 0 fully saturated rings. The van der Waals surface area contributed by atoms with E-state index in [1.54, 1.807) is 0 Å². The molecule has 12 aromatic carbocycles. The quantitative estimate of drug-likeness (QED) is 0.161. The van der Waals surface area contributed by atoms with Crippen molar-refractivity contribution < 1.29 is 0 Å². The Morgan fingerprint density at radius 2 is 0.818 bits per heavy atom. The van der Waals surface area contributed by atoms with Crippen molar-refractivity contribution in [2.45, 2.75) is 10.8 Å². The number of hydrogen-bond acceptors (Lipinski definition) is 2. The zero-order valence-corrected chi connectivity index (χ0v) is 42.7. The minimum atomic E-state index is -0.588. The predicted molar refractivity (Wildman–Crippen MR) is 322 cm³/mol. The topological polar surface area (TPSA) is 8.17 Å². The van der Waals surface area contributed by atoms with Crippen LogP contribution < -0.4 is 4.90 Å². The van der Waals surface area contributed by atoms with Crippen LogP contribution in [0.3, 0.4) is 0 Å². The Bertz CT molecular complexity index is 4710. The number of fused-ring (bicyclic) bond motifs is 18. The number of thiophene rings is 1. The molecule has 1 atom stereocenters. The van der Waals surface area contributed by atoms with Crippen LogP contribution in [0.4, 0.5) is 17.1 Å². The number of anilines is 3. The van der Waals surface area contributed by atoms with E-state index in [2.05, 4.69) is 289 Å². The summed E-state index contributed by atoms with van der Waals surface area (Å²) in [6, 6.07) is 105. The maximum atomic E-state index is 2.53. The fraction of sp³-hybridized carbons (Fsp3) is 0.0270. The highest BCUT2D eigenvalue weighted by atomic mass is 32.1. The van der Waals surface area contributed by atoms with Gasteiger partial charge in [0.15, 0.2) is 0 Å². The first-order valence-corrected chi connectivity index (χ1v) is 27.6. The van der Waals surface area contributed by atoms with Crippen molar-refractivity contribution in [3.8, 4) is 39.1 Å². The largest absolute Gasteiger partial charge is 0.310 e. The fourth-order valence-corrected chi connectivity index (χ4v) is 15.6. The number of hydrogen-bond donors (Lipinski definition) is 0. The Labute approximate surface area is 450 Å². The second-order valence-electron chi connectivity index (χ2n) is 21.0. The number of nitrogens with zero attached hydrogens (tertiary/aromatic N) is 2. The van der Waals surface area contributed by atoms with Gasteiger partial charge in [0.1, 0.15) is 0 Å². The summed E-state index contributed by atoms with van der Waals surface area (Å²) in [4.78, 5) is 2.49. The lowest BCUT2D eigenvalue weighted by molar-refractivity contribution is 0.748. The van der Waals surface area contributed by atoms with Crippen molar-refractivity contribution in [1.29, 1.82) is 0 Å². The fourth-order valence-electron chi connectivity index (χ4n) is 14.5. The second-order valence-corrected chi connectivity index (χ2v) is 22.1. The highest BCUT2D eigenvalue weighted by Crippen LogP contribution is 2.62. The standard InChI is InChI=1S/C74H46N2S/c1-2-18-48(19-3-1)73(61-27-9-4-20-54(61)55-21-5-10-28-62(55)73)49-38-42-51(43-39-49)75(50-40-36-47(37-41-50)53-25-17-35-70-71(53)60-24-8-15-34-69(60)77-70)52-44-45-57-56-22-6-11-29-63(56)74(66(57)46-52)64-30-12-14-33-68(64)76-67-32-13-7-23-58(67)59-26-16-31-65(74)72(59)76/h1-46H. The van der Waals surface area contributed by atoms with Crippen LogP contribution in [0.1, 0.15) is 44.5 Å². The normalized spacial score (nSPS) is 15.2. The molecule has 1 unspecified atom stereocenters. The molecule has 0 amide bonds. The van der Waals surface area contributed by atoms with Gasteiger partial charge in [-0.1, -0.05) is 218 Å². The Kier molecular flexibility index (Phi) is 8.88. The lowest BCUT2D eigenvalue weighted by Crippen LogP contribution is -2.33. The molecule has 2 aromatic heterocycles. The molecule has 14 aromatic rings. The summed E-state index contributed by atoms with van der Waals surface area (Å²) >= 11 is 1.87. The lowest BCUT2D eigenvalue weighted by atomic mass is 9.65. The van der Waals surface area contributed by atoms with Crippen LogP contribution in [0.2, 0.25) is 0 Å². The first-order valence-electron chi connectivity index (χ1n) is 26.7. The monoisotopic (exact) mass is 994 g/mol. The van der Waals surface area contributed by atoms with Crippen LogP contribution in [-0.2, 0) is 10.8 Å². The summed E-state index contributed by atoms with van der Waals surface area (Å²) in [5.41, 5.74) is 23.9. The van der Waals surface area contributed by atoms with Crippen LogP contribution in [0.25, 0.3) is 81.0 Å². The number of aromatic nitrogens is 1. The van der Waals surface area contributed by atoms with Crippen molar-refractivity contribution in [3.63, 3.8) is 0 Å². The smallest absolute Gasteiger partial charge is 0.0755 e. The predicted octanol–water partition coefficient (Wildman–Crippen LogP) is 19.3. The first kappa shape index (κ1) is 42.8. The molecule has 0 saturated carbocycles. The van der Waals surface area contributed by atoms with E-state index in [0.29, 0.717) is 0 Å². The molecule has 0 N–H and O–H groups in total. The van der Waals surface area contributed by atoms with Crippen molar-refractivity contribution in [1.82, 2.24) is 4.57 Å². The molecule has 0 saturated heterocycles. The molecule has 3 heterocycles. The molecule has 77 heavy (non-hydrogen) atoms. The van der Waals surface area contributed by atoms with Gasteiger partial charge in [-0.15, -0.1) is 11.3 Å². The van der Waals surface area contributed by atoms with Crippen LogP contribution >= 0.6 is 11.3 Å². The third-order valence-electron chi connectivity index (χ3n) is 17.5. The summed E-state index contributed by atoms with van der Waals surface area (Å²) < 4.78 is 5.15. The van der Waals surface area contributed by atoms with Crippen LogP contribution in [0.15, 0.2) is 279 Å². The van der Waals surface area contributed by atoms with Gasteiger partial charge in [-0.05, 0) is 139 Å². The third-order valence-corrected chi connectivity index (χ3v) is 18.6. The number of benzene rings is 12. The summed E-state index contributed by atoms with van der Waals surface area (Å²) in [5, 5.41) is 5.18. The van der Waals surface area contributed by atoms with Gasteiger partial charge >= 0.3 is 0 Å². The van der Waals surface area contributed by atoms with Gasteiger partial charge in [0.05, 0.1) is 27.6 Å². The van der Waals surface area contributed by atoms with E-state index in [0.717, 1.165) is 17.1 Å². The molecule has 2 aliphatic carbocycles. The molecule has 358 valence electrons. The molecule has 3 heteroatoms. The average molecular weight is 995 g/mol.